The van der Waals surface area contributed by atoms with E-state index in [2.05, 4.69) is 33.8 Å². The zero-order valence-electron chi connectivity index (χ0n) is 19.7. The highest BCUT2D eigenvalue weighted by molar-refractivity contribution is 5.97. The van der Waals surface area contributed by atoms with Crippen LogP contribution in [-0.2, 0) is 14.3 Å². The Bertz CT molecular complexity index is 810. The quantitative estimate of drug-likeness (QED) is 0.597. The van der Waals surface area contributed by atoms with Gasteiger partial charge in [-0.3, -0.25) is 4.79 Å². The van der Waals surface area contributed by atoms with Crippen LogP contribution >= 0.6 is 0 Å². The molecule has 11 atom stereocenters. The highest BCUT2D eigenvalue weighted by Crippen LogP contribution is 2.69. The Balaban J connectivity index is 1.34. The van der Waals surface area contributed by atoms with Gasteiger partial charge in [-0.15, -0.1) is 0 Å². The summed E-state index contributed by atoms with van der Waals surface area (Å²) in [5, 5.41) is 10.3. The molecule has 1 N–H and O–H groups in total. The second-order valence-corrected chi connectivity index (χ2v) is 12.6. The number of carbonyl (C=O) groups excluding carboxylic acids is 1. The van der Waals surface area contributed by atoms with Crippen molar-refractivity contribution in [1.29, 1.82) is 0 Å². The second kappa shape index (κ2) is 6.67. The first-order valence-corrected chi connectivity index (χ1v) is 13.0. The monoisotopic (exact) mass is 428 g/mol. The van der Waals surface area contributed by atoms with Crippen molar-refractivity contribution in [2.45, 2.75) is 97.1 Å². The number of rotatable bonds is 0. The molecule has 0 bridgehead atoms. The minimum Gasteiger partial charge on any atom is -0.393 e. The third-order valence-corrected chi connectivity index (χ3v) is 11.2. The smallest absolute Gasteiger partial charge is 0.171 e. The van der Waals surface area contributed by atoms with Gasteiger partial charge in [0.2, 0.25) is 0 Å². The van der Waals surface area contributed by atoms with Crippen molar-refractivity contribution >= 4 is 5.78 Å². The number of aliphatic hydroxyl groups excluding tert-OH is 1. The fraction of sp³-hybridized carbons (Fsp3) is 0.889. The Labute approximate surface area is 187 Å². The van der Waals surface area contributed by atoms with Crippen molar-refractivity contribution in [3.8, 4) is 0 Å². The number of hydrogen-bond acceptors (Lipinski definition) is 4. The van der Waals surface area contributed by atoms with E-state index in [1.165, 1.54) is 18.4 Å². The van der Waals surface area contributed by atoms with Crippen LogP contribution in [0.2, 0.25) is 0 Å². The molecule has 0 radical (unpaired) electrons. The lowest BCUT2D eigenvalue weighted by atomic mass is 9.48. The van der Waals surface area contributed by atoms with Gasteiger partial charge in [-0.2, -0.15) is 0 Å². The third kappa shape index (κ3) is 2.62. The number of ketones is 1. The van der Waals surface area contributed by atoms with Gasteiger partial charge in [0, 0.05) is 23.7 Å². The van der Waals surface area contributed by atoms with Gasteiger partial charge >= 0.3 is 0 Å². The van der Waals surface area contributed by atoms with Crippen LogP contribution in [0.4, 0.5) is 0 Å². The molecule has 0 amide bonds. The Morgan fingerprint density at radius 1 is 1.06 bits per heavy atom. The standard InChI is InChI=1S/C27H40O4/c1-15-7-10-27(30-14-15)16(2)24-22(31-27)12-21-19-6-5-17-11-18(28)8-9-25(17,3)20(19)13-23(29)26(21,24)4/h13,15-19,21-22,24,28H,5-12,14H2,1-4H3/t15-,16+,17+,18+,19-,21-,22+,24+,25+,26-,27-/m1/s1. The summed E-state index contributed by atoms with van der Waals surface area (Å²) in [5.74, 6) is 2.41. The zero-order valence-corrected chi connectivity index (χ0v) is 19.7. The normalized spacial score (nSPS) is 58.4. The van der Waals surface area contributed by atoms with Crippen molar-refractivity contribution < 1.29 is 19.4 Å². The molecule has 172 valence electrons. The van der Waals surface area contributed by atoms with Crippen molar-refractivity contribution in [2.75, 3.05) is 6.61 Å². The first-order valence-electron chi connectivity index (χ1n) is 13.0. The minimum atomic E-state index is -0.469. The fourth-order valence-electron chi connectivity index (χ4n) is 9.28. The van der Waals surface area contributed by atoms with E-state index in [-0.39, 0.29) is 34.9 Å². The van der Waals surface area contributed by atoms with Crippen molar-refractivity contribution in [1.82, 2.24) is 0 Å². The van der Waals surface area contributed by atoms with Crippen molar-refractivity contribution in [3.05, 3.63) is 11.6 Å². The first kappa shape index (κ1) is 20.9. The molecule has 2 saturated heterocycles. The lowest BCUT2D eigenvalue weighted by molar-refractivity contribution is -0.271. The van der Waals surface area contributed by atoms with E-state index >= 15 is 0 Å². The molecule has 5 fully saturated rings. The minimum absolute atomic E-state index is 0.0904. The topological polar surface area (TPSA) is 55.8 Å². The van der Waals surface area contributed by atoms with Gasteiger partial charge in [0.1, 0.15) is 0 Å². The van der Waals surface area contributed by atoms with Crippen LogP contribution < -0.4 is 0 Å². The van der Waals surface area contributed by atoms with Gasteiger partial charge < -0.3 is 14.6 Å². The Kier molecular flexibility index (Phi) is 4.49. The summed E-state index contributed by atoms with van der Waals surface area (Å²) in [4.78, 5) is 13.9. The van der Waals surface area contributed by atoms with Crippen LogP contribution in [0.25, 0.3) is 0 Å². The van der Waals surface area contributed by atoms with Crippen LogP contribution in [0.1, 0.15) is 79.1 Å². The molecule has 6 rings (SSSR count). The molecule has 3 saturated carbocycles. The van der Waals surface area contributed by atoms with Gasteiger partial charge in [0.15, 0.2) is 11.6 Å². The van der Waals surface area contributed by atoms with E-state index in [9.17, 15) is 9.90 Å². The highest BCUT2D eigenvalue weighted by Gasteiger charge is 2.70. The third-order valence-electron chi connectivity index (χ3n) is 11.2. The lowest BCUT2D eigenvalue weighted by Gasteiger charge is -2.56. The molecule has 2 aliphatic heterocycles. The van der Waals surface area contributed by atoms with Gasteiger partial charge in [-0.1, -0.05) is 33.3 Å². The van der Waals surface area contributed by atoms with Crippen LogP contribution in [0.3, 0.4) is 0 Å². The summed E-state index contributed by atoms with van der Waals surface area (Å²) in [6.07, 6.45) is 10.3. The van der Waals surface area contributed by atoms with Crippen LogP contribution in [0.15, 0.2) is 11.6 Å². The summed E-state index contributed by atoms with van der Waals surface area (Å²) in [5.41, 5.74) is 1.19. The Morgan fingerprint density at radius 2 is 1.87 bits per heavy atom. The molecule has 0 aromatic rings. The van der Waals surface area contributed by atoms with E-state index in [0.29, 0.717) is 29.5 Å². The van der Waals surface area contributed by atoms with Gasteiger partial charge in [0.25, 0.3) is 0 Å². The molecule has 4 heteroatoms. The van der Waals surface area contributed by atoms with E-state index in [1.807, 2.05) is 0 Å². The van der Waals surface area contributed by atoms with Crippen LogP contribution in [0.5, 0.6) is 0 Å². The van der Waals surface area contributed by atoms with Crippen molar-refractivity contribution in [3.63, 3.8) is 0 Å². The molecule has 0 unspecified atom stereocenters. The predicted octanol–water partition coefficient (Wildman–Crippen LogP) is 4.89. The van der Waals surface area contributed by atoms with E-state index in [4.69, 9.17) is 9.47 Å². The number of ether oxygens (including phenoxy) is 2. The first-order chi connectivity index (χ1) is 14.7. The average molecular weight is 429 g/mol. The van der Waals surface area contributed by atoms with Gasteiger partial charge in [0.05, 0.1) is 18.8 Å². The van der Waals surface area contributed by atoms with Crippen LogP contribution in [-0.4, -0.2) is 35.5 Å². The summed E-state index contributed by atoms with van der Waals surface area (Å²) in [6.45, 7) is 9.97. The molecule has 6 aliphatic rings. The largest absolute Gasteiger partial charge is 0.393 e. The molecule has 4 nitrogen and oxygen atoms in total. The zero-order chi connectivity index (χ0) is 21.8. The Hall–Kier alpha value is -0.710. The molecular formula is C27H40O4. The van der Waals surface area contributed by atoms with E-state index in [1.54, 1.807) is 0 Å². The molecule has 1 spiro atoms. The highest BCUT2D eigenvalue weighted by atomic mass is 16.7. The van der Waals surface area contributed by atoms with E-state index in [0.717, 1.165) is 45.1 Å². The lowest BCUT2D eigenvalue weighted by Crippen LogP contribution is -2.53. The summed E-state index contributed by atoms with van der Waals surface area (Å²) < 4.78 is 13.2. The van der Waals surface area contributed by atoms with Crippen molar-refractivity contribution in [2.24, 2.45) is 46.3 Å². The number of carbonyl (C=O) groups is 1. The SMILES string of the molecule is C[C@@H]1CC[C@@]2(OC1)O[C@H]1C[C@@H]3[C@@H]4CC[C@H]5C[C@@H](O)CC[C@]5(C)C4=CC(=O)[C@]3(C)[C@H]1[C@@H]2C. The molecule has 4 aliphatic carbocycles. The predicted molar refractivity (Wildman–Crippen MR) is 118 cm³/mol. The fourth-order valence-corrected chi connectivity index (χ4v) is 9.28. The Morgan fingerprint density at radius 3 is 2.61 bits per heavy atom. The molecular weight excluding hydrogens is 388 g/mol. The number of fused-ring (bicyclic) bond motifs is 7. The molecule has 31 heavy (non-hydrogen) atoms. The molecule has 0 aromatic carbocycles. The van der Waals surface area contributed by atoms with Gasteiger partial charge in [-0.05, 0) is 80.1 Å². The number of allylic oxidation sites excluding steroid dienone is 2. The second-order valence-electron chi connectivity index (χ2n) is 12.6. The molecule has 2 heterocycles. The maximum Gasteiger partial charge on any atom is 0.171 e. The van der Waals surface area contributed by atoms with Crippen LogP contribution in [0, 0.1) is 46.3 Å². The number of aliphatic hydroxyl groups is 1. The summed E-state index contributed by atoms with van der Waals surface area (Å²) in [6, 6.07) is 0. The average Bonchev–Trinajstić information content (AvgIpc) is 3.18. The van der Waals surface area contributed by atoms with Gasteiger partial charge in [-0.25, -0.2) is 0 Å². The molecule has 0 aromatic heterocycles. The maximum absolute atomic E-state index is 13.9. The maximum atomic E-state index is 13.9. The summed E-state index contributed by atoms with van der Waals surface area (Å²) in [7, 11) is 0. The van der Waals surface area contributed by atoms with E-state index < -0.39 is 5.79 Å². The summed E-state index contributed by atoms with van der Waals surface area (Å²) >= 11 is 0. The number of hydrogen-bond donors (Lipinski definition) is 1.